The average molecular weight is 263 g/mol. The molecule has 1 atom stereocenters. The van der Waals surface area contributed by atoms with E-state index in [9.17, 15) is 0 Å². The van der Waals surface area contributed by atoms with Crippen molar-refractivity contribution in [3.8, 4) is 0 Å². The molecule has 2 rings (SSSR count). The van der Waals surface area contributed by atoms with E-state index in [1.807, 2.05) is 0 Å². The van der Waals surface area contributed by atoms with Crippen LogP contribution in [0.1, 0.15) is 18.5 Å². The van der Waals surface area contributed by atoms with E-state index in [2.05, 4.69) is 47.0 Å². The van der Waals surface area contributed by atoms with Gasteiger partial charge in [-0.05, 0) is 38.9 Å². The fourth-order valence-electron chi connectivity index (χ4n) is 2.71. The maximum absolute atomic E-state index is 5.14. The average Bonchev–Trinajstić information content (AvgIpc) is 2.84. The van der Waals surface area contributed by atoms with Gasteiger partial charge in [0.05, 0.1) is 6.61 Å². The molecular weight excluding hydrogens is 238 g/mol. The maximum atomic E-state index is 5.14. The molecule has 106 valence electrons. The minimum atomic E-state index is 0.580. The van der Waals surface area contributed by atoms with Crippen LogP contribution in [0, 0.1) is 6.92 Å². The number of ether oxygens (including phenoxy) is 1. The molecule has 0 amide bonds. The number of methoxy groups -OCH3 is 1. The number of aromatic nitrogens is 1. The molecule has 0 aliphatic carbocycles. The van der Waals surface area contributed by atoms with E-state index in [-0.39, 0.29) is 0 Å². The van der Waals surface area contributed by atoms with Gasteiger partial charge in [0.25, 0.3) is 0 Å². The Morgan fingerprint density at radius 1 is 1.47 bits per heavy atom. The van der Waals surface area contributed by atoms with E-state index in [0.29, 0.717) is 6.04 Å². The van der Waals surface area contributed by atoms with Crippen molar-refractivity contribution < 1.29 is 4.74 Å². The largest absolute Gasteiger partial charge is 0.383 e. The Balaban J connectivity index is 1.97. The van der Waals surface area contributed by atoms with Crippen molar-refractivity contribution in [2.75, 3.05) is 45.3 Å². The molecule has 0 aromatic carbocycles. The van der Waals surface area contributed by atoms with E-state index in [0.717, 1.165) is 37.8 Å². The van der Waals surface area contributed by atoms with E-state index >= 15 is 0 Å². The van der Waals surface area contributed by atoms with Crippen molar-refractivity contribution in [1.82, 2.24) is 9.88 Å². The van der Waals surface area contributed by atoms with Gasteiger partial charge in [-0.3, -0.25) is 0 Å². The zero-order valence-corrected chi connectivity index (χ0v) is 12.3. The standard InChI is InChI=1S/C15H25N3O/c1-13-6-4-8-15(16-13)18-9-5-7-14(18)12-17(2)10-11-19-3/h4,6,8,14H,5,7,9-12H2,1-3H3. The Morgan fingerprint density at radius 3 is 3.05 bits per heavy atom. The SMILES string of the molecule is COCCN(C)CC1CCCN1c1cccc(C)n1. The molecule has 0 spiro atoms. The summed E-state index contributed by atoms with van der Waals surface area (Å²) in [6, 6.07) is 6.86. The number of anilines is 1. The normalized spacial score (nSPS) is 19.4. The quantitative estimate of drug-likeness (QED) is 0.784. The van der Waals surface area contributed by atoms with Gasteiger partial charge >= 0.3 is 0 Å². The van der Waals surface area contributed by atoms with Crippen molar-refractivity contribution in [3.63, 3.8) is 0 Å². The van der Waals surface area contributed by atoms with Gasteiger partial charge in [0.2, 0.25) is 0 Å². The first-order chi connectivity index (χ1) is 9.20. The fraction of sp³-hybridized carbons (Fsp3) is 0.667. The number of rotatable bonds is 6. The molecule has 1 unspecified atom stereocenters. The number of likely N-dealkylation sites (N-methyl/N-ethyl adjacent to an activating group) is 1. The summed E-state index contributed by atoms with van der Waals surface area (Å²) in [6.07, 6.45) is 2.52. The predicted molar refractivity (Wildman–Crippen MR) is 78.7 cm³/mol. The summed E-state index contributed by atoms with van der Waals surface area (Å²) in [5.74, 6) is 1.13. The lowest BCUT2D eigenvalue weighted by molar-refractivity contribution is 0.158. The lowest BCUT2D eigenvalue weighted by atomic mass is 10.2. The zero-order valence-electron chi connectivity index (χ0n) is 12.3. The molecule has 0 bridgehead atoms. The topological polar surface area (TPSA) is 28.6 Å². The smallest absolute Gasteiger partial charge is 0.129 e. The first-order valence-electron chi connectivity index (χ1n) is 7.08. The molecule has 1 aliphatic heterocycles. The molecule has 0 radical (unpaired) electrons. The molecule has 0 saturated carbocycles. The van der Waals surface area contributed by atoms with Gasteiger partial charge in [-0.1, -0.05) is 6.07 Å². The molecule has 1 aliphatic rings. The Kier molecular flexibility index (Phi) is 5.16. The second-order valence-corrected chi connectivity index (χ2v) is 5.38. The van der Waals surface area contributed by atoms with Crippen molar-refractivity contribution >= 4 is 5.82 Å². The van der Waals surface area contributed by atoms with E-state index in [1.165, 1.54) is 12.8 Å². The predicted octanol–water partition coefficient (Wildman–Crippen LogP) is 1.94. The van der Waals surface area contributed by atoms with Gasteiger partial charge < -0.3 is 14.5 Å². The lowest BCUT2D eigenvalue weighted by Gasteiger charge is -2.29. The van der Waals surface area contributed by atoms with Gasteiger partial charge in [-0.25, -0.2) is 4.98 Å². The van der Waals surface area contributed by atoms with Crippen LogP contribution in [0.25, 0.3) is 0 Å². The summed E-state index contributed by atoms with van der Waals surface area (Å²) in [5.41, 5.74) is 1.09. The van der Waals surface area contributed by atoms with Gasteiger partial charge in [0.1, 0.15) is 5.82 Å². The molecule has 19 heavy (non-hydrogen) atoms. The van der Waals surface area contributed by atoms with Crippen LogP contribution in [-0.2, 0) is 4.74 Å². The summed E-state index contributed by atoms with van der Waals surface area (Å²) in [5, 5.41) is 0. The van der Waals surface area contributed by atoms with Gasteiger partial charge in [-0.15, -0.1) is 0 Å². The number of hydrogen-bond acceptors (Lipinski definition) is 4. The summed E-state index contributed by atoms with van der Waals surface area (Å²) in [7, 11) is 3.92. The van der Waals surface area contributed by atoms with Gasteiger partial charge in [0.15, 0.2) is 0 Å². The second kappa shape index (κ2) is 6.87. The minimum absolute atomic E-state index is 0.580. The van der Waals surface area contributed by atoms with Crippen LogP contribution in [0.4, 0.5) is 5.82 Å². The monoisotopic (exact) mass is 263 g/mol. The molecule has 1 fully saturated rings. The molecule has 1 aromatic heterocycles. The highest BCUT2D eigenvalue weighted by Gasteiger charge is 2.26. The molecule has 1 aromatic rings. The van der Waals surface area contributed by atoms with Crippen LogP contribution in [0.2, 0.25) is 0 Å². The highest BCUT2D eigenvalue weighted by atomic mass is 16.5. The van der Waals surface area contributed by atoms with E-state index < -0.39 is 0 Å². The first kappa shape index (κ1) is 14.3. The molecule has 4 heteroatoms. The van der Waals surface area contributed by atoms with Crippen LogP contribution >= 0.6 is 0 Å². The third kappa shape index (κ3) is 3.91. The zero-order chi connectivity index (χ0) is 13.7. The molecule has 1 saturated heterocycles. The number of aryl methyl sites for hydroxylation is 1. The highest BCUT2D eigenvalue weighted by Crippen LogP contribution is 2.24. The third-order valence-electron chi connectivity index (χ3n) is 3.74. The summed E-state index contributed by atoms with van der Waals surface area (Å²) in [6.45, 7) is 6.05. The second-order valence-electron chi connectivity index (χ2n) is 5.38. The maximum Gasteiger partial charge on any atom is 0.129 e. The van der Waals surface area contributed by atoms with Gasteiger partial charge in [-0.2, -0.15) is 0 Å². The molecular formula is C15H25N3O. The highest BCUT2D eigenvalue weighted by molar-refractivity contribution is 5.41. The van der Waals surface area contributed by atoms with Crippen LogP contribution in [0.3, 0.4) is 0 Å². The number of hydrogen-bond donors (Lipinski definition) is 0. The Labute approximate surface area is 116 Å². The van der Waals surface area contributed by atoms with Crippen molar-refractivity contribution in [2.45, 2.75) is 25.8 Å². The molecule has 2 heterocycles. The number of nitrogens with zero attached hydrogens (tertiary/aromatic N) is 3. The fourth-order valence-corrected chi connectivity index (χ4v) is 2.71. The van der Waals surface area contributed by atoms with Crippen molar-refractivity contribution in [3.05, 3.63) is 23.9 Å². The van der Waals surface area contributed by atoms with Crippen molar-refractivity contribution in [2.24, 2.45) is 0 Å². The van der Waals surface area contributed by atoms with Gasteiger partial charge in [0, 0.05) is 38.5 Å². The van der Waals surface area contributed by atoms with E-state index in [4.69, 9.17) is 4.74 Å². The number of pyridine rings is 1. The van der Waals surface area contributed by atoms with Crippen molar-refractivity contribution in [1.29, 1.82) is 0 Å². The Bertz CT molecular complexity index is 397. The van der Waals surface area contributed by atoms with Crippen LogP contribution in [-0.4, -0.2) is 56.3 Å². The van der Waals surface area contributed by atoms with Crippen LogP contribution in [0.15, 0.2) is 18.2 Å². The summed E-state index contributed by atoms with van der Waals surface area (Å²) >= 11 is 0. The summed E-state index contributed by atoms with van der Waals surface area (Å²) < 4.78 is 5.14. The van der Waals surface area contributed by atoms with E-state index in [1.54, 1.807) is 7.11 Å². The first-order valence-corrected chi connectivity index (χ1v) is 7.08. The van der Waals surface area contributed by atoms with Crippen LogP contribution in [0.5, 0.6) is 0 Å². The lowest BCUT2D eigenvalue weighted by Crippen LogP contribution is -2.40. The summed E-state index contributed by atoms with van der Waals surface area (Å²) in [4.78, 5) is 9.46. The minimum Gasteiger partial charge on any atom is -0.383 e. The third-order valence-corrected chi connectivity index (χ3v) is 3.74. The molecule has 4 nitrogen and oxygen atoms in total. The Morgan fingerprint density at radius 2 is 2.32 bits per heavy atom. The van der Waals surface area contributed by atoms with Crippen LogP contribution < -0.4 is 4.90 Å². The Hall–Kier alpha value is -1.13. The molecule has 0 N–H and O–H groups in total.